The normalized spacial score (nSPS) is 24.8. The van der Waals surface area contributed by atoms with Crippen LogP contribution in [-0.4, -0.2) is 49.7 Å². The maximum absolute atomic E-state index is 13.7. The van der Waals surface area contributed by atoms with Crippen molar-refractivity contribution in [2.75, 3.05) is 19.7 Å². The topological polar surface area (TPSA) is 66.8 Å². The van der Waals surface area contributed by atoms with Crippen molar-refractivity contribution >= 4 is 10.0 Å². The highest BCUT2D eigenvalue weighted by atomic mass is 32.2. The van der Waals surface area contributed by atoms with Crippen LogP contribution in [0.15, 0.2) is 23.1 Å². The van der Waals surface area contributed by atoms with Crippen LogP contribution < -0.4 is 0 Å². The molecule has 1 heterocycles. The minimum Gasteiger partial charge on any atom is -0.394 e. The molecule has 0 saturated carbocycles. The van der Waals surface area contributed by atoms with E-state index in [0.29, 0.717) is 0 Å². The van der Waals surface area contributed by atoms with E-state index in [-0.39, 0.29) is 19.7 Å². The van der Waals surface area contributed by atoms with Gasteiger partial charge in [0, 0.05) is 13.1 Å². The number of benzene rings is 1. The van der Waals surface area contributed by atoms with Gasteiger partial charge in [-0.2, -0.15) is 4.31 Å². The van der Waals surface area contributed by atoms with E-state index in [1.165, 1.54) is 0 Å². The van der Waals surface area contributed by atoms with E-state index in [9.17, 15) is 17.2 Å². The highest BCUT2D eigenvalue weighted by Gasteiger charge is 2.36. The van der Waals surface area contributed by atoms with Gasteiger partial charge in [-0.15, -0.1) is 0 Å². The molecule has 112 valence electrons. The zero-order valence-electron chi connectivity index (χ0n) is 10.8. The van der Waals surface area contributed by atoms with Crippen molar-refractivity contribution in [1.29, 1.82) is 0 Å². The molecule has 0 radical (unpaired) electrons. The molecule has 5 nitrogen and oxygen atoms in total. The van der Waals surface area contributed by atoms with Gasteiger partial charge in [0.2, 0.25) is 10.0 Å². The van der Waals surface area contributed by atoms with Gasteiger partial charge in [-0.1, -0.05) is 6.07 Å². The van der Waals surface area contributed by atoms with Crippen LogP contribution in [0, 0.1) is 11.6 Å². The molecule has 2 rings (SSSR count). The Morgan fingerprint density at radius 2 is 1.95 bits per heavy atom. The van der Waals surface area contributed by atoms with Crippen LogP contribution in [0.4, 0.5) is 8.78 Å². The number of morpholine rings is 1. The Morgan fingerprint density at radius 1 is 1.35 bits per heavy atom. The van der Waals surface area contributed by atoms with Gasteiger partial charge in [-0.05, 0) is 19.1 Å². The van der Waals surface area contributed by atoms with Gasteiger partial charge in [0.05, 0.1) is 18.8 Å². The molecule has 0 amide bonds. The predicted molar refractivity (Wildman–Crippen MR) is 66.5 cm³/mol. The van der Waals surface area contributed by atoms with Crippen molar-refractivity contribution < 1.29 is 27.0 Å². The van der Waals surface area contributed by atoms with E-state index in [2.05, 4.69) is 0 Å². The highest BCUT2D eigenvalue weighted by molar-refractivity contribution is 7.89. The summed E-state index contributed by atoms with van der Waals surface area (Å²) in [6.07, 6.45) is -1.17. The molecule has 0 bridgehead atoms. The molecule has 2 atom stereocenters. The predicted octanol–water partition coefficient (Wildman–Crippen LogP) is 0.735. The lowest BCUT2D eigenvalue weighted by molar-refractivity contribution is -0.0751. The number of ether oxygens (including phenoxy) is 1. The van der Waals surface area contributed by atoms with E-state index in [1.807, 2.05) is 0 Å². The quantitative estimate of drug-likeness (QED) is 0.894. The third kappa shape index (κ3) is 2.83. The first kappa shape index (κ1) is 15.3. The average molecular weight is 307 g/mol. The second-order valence-electron chi connectivity index (χ2n) is 4.62. The van der Waals surface area contributed by atoms with Gasteiger partial charge in [-0.25, -0.2) is 17.2 Å². The Bertz CT molecular complexity index is 573. The molecule has 1 aliphatic rings. The molecule has 20 heavy (non-hydrogen) atoms. The number of hydrogen-bond donors (Lipinski definition) is 1. The maximum atomic E-state index is 13.7. The van der Waals surface area contributed by atoms with E-state index in [1.54, 1.807) is 6.92 Å². The average Bonchev–Trinajstić information content (AvgIpc) is 2.37. The van der Waals surface area contributed by atoms with Gasteiger partial charge < -0.3 is 9.84 Å². The van der Waals surface area contributed by atoms with Crippen LogP contribution in [0.1, 0.15) is 6.92 Å². The summed E-state index contributed by atoms with van der Waals surface area (Å²) in [5.41, 5.74) is 0. The van der Waals surface area contributed by atoms with Crippen molar-refractivity contribution in [2.45, 2.75) is 24.0 Å². The molecule has 1 saturated heterocycles. The third-order valence-electron chi connectivity index (χ3n) is 3.01. The maximum Gasteiger partial charge on any atom is 0.249 e. The number of aliphatic hydroxyl groups is 1. The number of rotatable bonds is 3. The molecule has 1 fully saturated rings. The first-order valence-corrected chi connectivity index (χ1v) is 7.50. The van der Waals surface area contributed by atoms with Crippen LogP contribution in [-0.2, 0) is 14.8 Å². The molecule has 1 aromatic carbocycles. The monoisotopic (exact) mass is 307 g/mol. The Balaban J connectivity index is 2.39. The Kier molecular flexibility index (Phi) is 4.38. The molecule has 8 heteroatoms. The summed E-state index contributed by atoms with van der Waals surface area (Å²) >= 11 is 0. The summed E-state index contributed by atoms with van der Waals surface area (Å²) in [6.45, 7) is 1.10. The Hall–Kier alpha value is -1.09. The Morgan fingerprint density at radius 3 is 2.50 bits per heavy atom. The standard InChI is InChI=1S/C12H15F2NO4S/c1-8-5-15(6-9(7-16)19-8)20(17,18)12-10(13)3-2-4-11(12)14/h2-4,8-9,16H,5-7H2,1H3. The van der Waals surface area contributed by atoms with Crippen molar-refractivity contribution in [3.63, 3.8) is 0 Å². The molecule has 2 unspecified atom stereocenters. The van der Waals surface area contributed by atoms with E-state index < -0.39 is 38.8 Å². The van der Waals surface area contributed by atoms with Gasteiger partial charge >= 0.3 is 0 Å². The second-order valence-corrected chi connectivity index (χ2v) is 6.50. The second kappa shape index (κ2) is 5.72. The van der Waals surface area contributed by atoms with Crippen molar-refractivity contribution in [1.82, 2.24) is 4.31 Å². The third-order valence-corrected chi connectivity index (χ3v) is 4.90. The molecular formula is C12H15F2NO4S. The lowest BCUT2D eigenvalue weighted by Crippen LogP contribution is -2.50. The molecule has 0 aliphatic carbocycles. The van der Waals surface area contributed by atoms with Crippen molar-refractivity contribution in [2.24, 2.45) is 0 Å². The number of nitrogens with zero attached hydrogens (tertiary/aromatic N) is 1. The van der Waals surface area contributed by atoms with Gasteiger partial charge in [-0.3, -0.25) is 0 Å². The summed E-state index contributed by atoms with van der Waals surface area (Å²) < 4.78 is 58.2. The first-order valence-electron chi connectivity index (χ1n) is 6.06. The summed E-state index contributed by atoms with van der Waals surface area (Å²) in [6, 6.07) is 2.88. The molecular weight excluding hydrogens is 292 g/mol. The van der Waals surface area contributed by atoms with Crippen molar-refractivity contribution in [3.05, 3.63) is 29.8 Å². The minimum atomic E-state index is -4.31. The van der Waals surface area contributed by atoms with E-state index in [0.717, 1.165) is 22.5 Å². The Labute approximate surface area is 115 Å². The number of halogens is 2. The molecule has 1 N–H and O–H groups in total. The largest absolute Gasteiger partial charge is 0.394 e. The smallest absolute Gasteiger partial charge is 0.249 e. The van der Waals surface area contributed by atoms with Gasteiger partial charge in [0.15, 0.2) is 4.90 Å². The zero-order chi connectivity index (χ0) is 14.9. The lowest BCUT2D eigenvalue weighted by atomic mass is 10.2. The van der Waals surface area contributed by atoms with Crippen LogP contribution in [0.2, 0.25) is 0 Å². The van der Waals surface area contributed by atoms with Crippen LogP contribution in [0.3, 0.4) is 0 Å². The van der Waals surface area contributed by atoms with E-state index >= 15 is 0 Å². The number of hydrogen-bond acceptors (Lipinski definition) is 4. The summed E-state index contributed by atoms with van der Waals surface area (Å²) in [5, 5.41) is 9.08. The molecule has 1 aromatic rings. The molecule has 0 spiro atoms. The minimum absolute atomic E-state index is 0.0212. The van der Waals surface area contributed by atoms with Gasteiger partial charge in [0.1, 0.15) is 11.6 Å². The SMILES string of the molecule is CC1CN(S(=O)(=O)c2c(F)cccc2F)CC(CO)O1. The van der Waals surface area contributed by atoms with Gasteiger partial charge in [0.25, 0.3) is 0 Å². The number of aliphatic hydroxyl groups excluding tert-OH is 1. The van der Waals surface area contributed by atoms with Crippen LogP contribution in [0.25, 0.3) is 0 Å². The van der Waals surface area contributed by atoms with Crippen molar-refractivity contribution in [3.8, 4) is 0 Å². The van der Waals surface area contributed by atoms with Crippen LogP contribution >= 0.6 is 0 Å². The molecule has 0 aromatic heterocycles. The highest BCUT2D eigenvalue weighted by Crippen LogP contribution is 2.25. The lowest BCUT2D eigenvalue weighted by Gasteiger charge is -2.35. The zero-order valence-corrected chi connectivity index (χ0v) is 11.6. The summed E-state index contributed by atoms with van der Waals surface area (Å²) in [4.78, 5) is -0.967. The fraction of sp³-hybridized carbons (Fsp3) is 0.500. The van der Waals surface area contributed by atoms with Crippen LogP contribution in [0.5, 0.6) is 0 Å². The molecule has 1 aliphatic heterocycles. The number of sulfonamides is 1. The summed E-state index contributed by atoms with van der Waals surface area (Å²) in [7, 11) is -4.31. The fourth-order valence-corrected chi connectivity index (χ4v) is 3.81. The fourth-order valence-electron chi connectivity index (χ4n) is 2.16. The summed E-state index contributed by atoms with van der Waals surface area (Å²) in [5.74, 6) is -2.27. The first-order chi connectivity index (χ1) is 9.36. The van der Waals surface area contributed by atoms with E-state index in [4.69, 9.17) is 9.84 Å².